The second-order valence-electron chi connectivity index (χ2n) is 4.60. The first-order valence-electron chi connectivity index (χ1n) is 6.34. The zero-order chi connectivity index (χ0) is 14.9. The molecule has 0 aliphatic rings. The summed E-state index contributed by atoms with van der Waals surface area (Å²) in [5.41, 5.74) is 1.43. The topological polar surface area (TPSA) is 64.8 Å². The molecule has 21 heavy (non-hydrogen) atoms. The third kappa shape index (κ3) is 2.71. The van der Waals surface area contributed by atoms with Gasteiger partial charge in [-0.25, -0.2) is 13.1 Å². The van der Waals surface area contributed by atoms with Crippen LogP contribution in [-0.2, 0) is 9.84 Å². The molecule has 1 aromatic heterocycles. The highest BCUT2D eigenvalue weighted by atomic mass is 32.2. The van der Waals surface area contributed by atoms with E-state index >= 15 is 0 Å². The van der Waals surface area contributed by atoms with Gasteiger partial charge >= 0.3 is 0 Å². The van der Waals surface area contributed by atoms with Crippen molar-refractivity contribution < 1.29 is 8.42 Å². The predicted octanol–water partition coefficient (Wildman–Crippen LogP) is 2.34. The maximum atomic E-state index is 11.9. The number of nitrogens with zero attached hydrogens (tertiary/aromatic N) is 3. The van der Waals surface area contributed by atoms with Gasteiger partial charge in [0.15, 0.2) is 5.82 Å². The molecule has 0 bridgehead atoms. The summed E-state index contributed by atoms with van der Waals surface area (Å²) in [6.07, 6.45) is 1.13. The van der Waals surface area contributed by atoms with Crippen LogP contribution in [0.5, 0.6) is 0 Å². The summed E-state index contributed by atoms with van der Waals surface area (Å²) in [5.74, 6) is 0.389. The zero-order valence-corrected chi connectivity index (χ0v) is 12.2. The second-order valence-corrected chi connectivity index (χ2v) is 6.51. The van der Waals surface area contributed by atoms with Crippen molar-refractivity contribution in [3.8, 4) is 17.1 Å². The van der Waals surface area contributed by atoms with Crippen molar-refractivity contribution in [3.05, 3.63) is 60.7 Å². The monoisotopic (exact) mass is 299 g/mol. The van der Waals surface area contributed by atoms with Crippen molar-refractivity contribution >= 4 is 9.84 Å². The van der Waals surface area contributed by atoms with Crippen LogP contribution in [0.2, 0.25) is 0 Å². The maximum absolute atomic E-state index is 11.9. The molecule has 106 valence electrons. The van der Waals surface area contributed by atoms with E-state index in [0.717, 1.165) is 11.8 Å². The minimum absolute atomic E-state index is 0.0625. The van der Waals surface area contributed by atoms with Gasteiger partial charge in [-0.05, 0) is 12.1 Å². The number of hydrogen-bond acceptors (Lipinski definition) is 4. The van der Waals surface area contributed by atoms with Gasteiger partial charge < -0.3 is 0 Å². The number of benzene rings is 2. The van der Waals surface area contributed by atoms with Crippen molar-refractivity contribution in [2.24, 2.45) is 0 Å². The van der Waals surface area contributed by atoms with Crippen LogP contribution in [0, 0.1) is 0 Å². The molecule has 0 radical (unpaired) electrons. The molecule has 0 atom stereocenters. The Morgan fingerprint density at radius 2 is 1.48 bits per heavy atom. The van der Waals surface area contributed by atoms with Gasteiger partial charge in [-0.1, -0.05) is 48.5 Å². The van der Waals surface area contributed by atoms with Crippen molar-refractivity contribution in [1.29, 1.82) is 0 Å². The minimum Gasteiger partial charge on any atom is -0.221 e. The summed E-state index contributed by atoms with van der Waals surface area (Å²) in [5, 5.41) is 4.28. The molecule has 3 aromatic rings. The van der Waals surface area contributed by atoms with Gasteiger partial charge in [-0.2, -0.15) is 4.98 Å². The first-order chi connectivity index (χ1) is 10.1. The number of hydrogen-bond donors (Lipinski definition) is 0. The molecular formula is C15H13N3O2S. The highest BCUT2D eigenvalue weighted by Gasteiger charge is 2.20. The second kappa shape index (κ2) is 5.14. The van der Waals surface area contributed by atoms with Crippen LogP contribution >= 0.6 is 0 Å². The first kappa shape index (κ1) is 13.5. The Balaban J connectivity index is 2.22. The lowest BCUT2D eigenvalue weighted by atomic mass is 10.2. The molecular weight excluding hydrogens is 286 g/mol. The smallest absolute Gasteiger partial charge is 0.221 e. The van der Waals surface area contributed by atoms with E-state index in [9.17, 15) is 8.42 Å². The van der Waals surface area contributed by atoms with Crippen molar-refractivity contribution in [2.45, 2.75) is 5.16 Å². The fraction of sp³-hybridized carbons (Fsp3) is 0.0667. The van der Waals surface area contributed by atoms with Crippen LogP contribution in [0.15, 0.2) is 65.8 Å². The Hall–Kier alpha value is -2.47. The van der Waals surface area contributed by atoms with Gasteiger partial charge in [0.25, 0.3) is 5.16 Å². The summed E-state index contributed by atoms with van der Waals surface area (Å²) < 4.78 is 25.3. The highest BCUT2D eigenvalue weighted by molar-refractivity contribution is 7.90. The van der Waals surface area contributed by atoms with E-state index in [-0.39, 0.29) is 5.16 Å². The van der Waals surface area contributed by atoms with E-state index in [1.54, 1.807) is 12.1 Å². The molecule has 0 saturated carbocycles. The first-order valence-corrected chi connectivity index (χ1v) is 8.23. The summed E-state index contributed by atoms with van der Waals surface area (Å²) >= 11 is 0. The van der Waals surface area contributed by atoms with E-state index in [1.165, 1.54) is 4.68 Å². The van der Waals surface area contributed by atoms with E-state index in [1.807, 2.05) is 48.5 Å². The van der Waals surface area contributed by atoms with Gasteiger partial charge in [0.05, 0.1) is 5.69 Å². The zero-order valence-electron chi connectivity index (χ0n) is 11.3. The SMILES string of the molecule is CS(=O)(=O)c1nc(-c2ccccc2)nn1-c1ccccc1. The van der Waals surface area contributed by atoms with E-state index in [4.69, 9.17) is 0 Å². The molecule has 0 fully saturated rings. The van der Waals surface area contributed by atoms with Crippen molar-refractivity contribution in [2.75, 3.05) is 6.26 Å². The third-order valence-electron chi connectivity index (χ3n) is 2.94. The summed E-state index contributed by atoms with van der Waals surface area (Å²) in [7, 11) is -3.48. The molecule has 0 spiro atoms. The van der Waals surface area contributed by atoms with Gasteiger partial charge in [-0.3, -0.25) is 0 Å². The van der Waals surface area contributed by atoms with Gasteiger partial charge in [0.1, 0.15) is 0 Å². The average molecular weight is 299 g/mol. The lowest BCUT2D eigenvalue weighted by Crippen LogP contribution is -2.08. The molecule has 5 nitrogen and oxygen atoms in total. The van der Waals surface area contributed by atoms with Gasteiger partial charge in [0, 0.05) is 11.8 Å². The van der Waals surface area contributed by atoms with E-state index in [2.05, 4.69) is 10.1 Å². The standard InChI is InChI=1S/C15H13N3O2S/c1-21(19,20)15-16-14(12-8-4-2-5-9-12)17-18(15)13-10-6-3-7-11-13/h2-11H,1H3. The third-order valence-corrected chi connectivity index (χ3v) is 3.87. The number of para-hydroxylation sites is 1. The molecule has 0 aliphatic carbocycles. The van der Waals surface area contributed by atoms with E-state index < -0.39 is 9.84 Å². The molecule has 0 saturated heterocycles. The summed E-state index contributed by atoms with van der Waals surface area (Å²) in [6.45, 7) is 0. The number of aromatic nitrogens is 3. The van der Waals surface area contributed by atoms with Crippen LogP contribution in [0.25, 0.3) is 17.1 Å². The van der Waals surface area contributed by atoms with Crippen LogP contribution in [0.4, 0.5) is 0 Å². The average Bonchev–Trinajstić information content (AvgIpc) is 2.94. The normalized spacial score (nSPS) is 11.5. The Bertz CT molecular complexity index is 856. The molecule has 0 aliphatic heterocycles. The van der Waals surface area contributed by atoms with Crippen LogP contribution in [0.3, 0.4) is 0 Å². The lowest BCUT2D eigenvalue weighted by molar-refractivity contribution is 0.586. The predicted molar refractivity (Wildman–Crippen MR) is 79.9 cm³/mol. The molecule has 3 rings (SSSR count). The fourth-order valence-electron chi connectivity index (χ4n) is 1.98. The molecule has 1 heterocycles. The molecule has 0 N–H and O–H groups in total. The Kier molecular flexibility index (Phi) is 3.31. The van der Waals surface area contributed by atoms with Gasteiger partial charge in [-0.15, -0.1) is 5.10 Å². The Morgan fingerprint density at radius 3 is 2.05 bits per heavy atom. The van der Waals surface area contributed by atoms with E-state index in [0.29, 0.717) is 11.5 Å². The Morgan fingerprint density at radius 1 is 0.905 bits per heavy atom. The number of sulfone groups is 1. The fourth-order valence-corrected chi connectivity index (χ4v) is 2.70. The Labute approximate surface area is 122 Å². The molecule has 6 heteroatoms. The minimum atomic E-state index is -3.48. The largest absolute Gasteiger partial charge is 0.250 e. The lowest BCUT2D eigenvalue weighted by Gasteiger charge is -2.03. The van der Waals surface area contributed by atoms with Gasteiger partial charge in [0.2, 0.25) is 9.84 Å². The van der Waals surface area contributed by atoms with Crippen LogP contribution in [0.1, 0.15) is 0 Å². The maximum Gasteiger partial charge on any atom is 0.250 e. The highest BCUT2D eigenvalue weighted by Crippen LogP contribution is 2.20. The molecule has 0 unspecified atom stereocenters. The molecule has 2 aromatic carbocycles. The van der Waals surface area contributed by atoms with Crippen molar-refractivity contribution in [3.63, 3.8) is 0 Å². The number of rotatable bonds is 3. The molecule has 0 amide bonds. The summed E-state index contributed by atoms with van der Waals surface area (Å²) in [4.78, 5) is 4.19. The van der Waals surface area contributed by atoms with Crippen molar-refractivity contribution in [1.82, 2.24) is 14.8 Å². The van der Waals surface area contributed by atoms with Crippen LogP contribution < -0.4 is 0 Å². The van der Waals surface area contributed by atoms with Crippen LogP contribution in [-0.4, -0.2) is 29.4 Å². The summed E-state index contributed by atoms with van der Waals surface area (Å²) in [6, 6.07) is 18.4. The quantitative estimate of drug-likeness (QED) is 0.744.